The molecule has 32 heavy (non-hydrogen) atoms. The molecule has 0 saturated heterocycles. The van der Waals surface area contributed by atoms with Gasteiger partial charge in [-0.05, 0) is 102 Å². The molecule has 1 aromatic carbocycles. The Morgan fingerprint density at radius 3 is 2.47 bits per heavy atom. The lowest BCUT2D eigenvalue weighted by atomic mass is 9.86. The predicted octanol–water partition coefficient (Wildman–Crippen LogP) is 6.91. The van der Waals surface area contributed by atoms with Crippen molar-refractivity contribution in [3.8, 4) is 5.75 Å². The van der Waals surface area contributed by atoms with Gasteiger partial charge in [0.05, 0.1) is 12.2 Å². The minimum atomic E-state index is -0.640. The van der Waals surface area contributed by atoms with Crippen LogP contribution in [0.25, 0.3) is 11.6 Å². The molecule has 0 aromatic heterocycles. The Bertz CT molecular complexity index is 978. The Balaban J connectivity index is 2.54. The van der Waals surface area contributed by atoms with E-state index in [-0.39, 0.29) is 0 Å². The monoisotopic (exact) mass is 442 g/mol. The maximum Gasteiger partial charge on any atom is 0.330 e. The highest BCUT2D eigenvalue weighted by Gasteiger charge is 2.29. The van der Waals surface area contributed by atoms with Crippen LogP contribution in [0.5, 0.6) is 5.75 Å². The highest BCUT2D eigenvalue weighted by atomic mass is 19.1. The van der Waals surface area contributed by atoms with E-state index in [0.29, 0.717) is 24.4 Å². The third kappa shape index (κ3) is 6.42. The molecule has 2 rings (SSSR count). The van der Waals surface area contributed by atoms with Crippen molar-refractivity contribution in [1.82, 2.24) is 0 Å². The van der Waals surface area contributed by atoms with Gasteiger partial charge in [-0.25, -0.2) is 9.18 Å². The summed E-state index contributed by atoms with van der Waals surface area (Å²) < 4.78 is 32.2. The zero-order valence-corrected chi connectivity index (χ0v) is 20.5. The Hall–Kier alpha value is -2.66. The molecule has 5 heteroatoms. The lowest BCUT2D eigenvalue weighted by Gasteiger charge is -2.33. The zero-order valence-electron chi connectivity index (χ0n) is 20.5. The molecule has 0 radical (unpaired) electrons. The minimum Gasteiger partial charge on any atom is -0.483 e. The summed E-state index contributed by atoms with van der Waals surface area (Å²) in [6, 6.07) is 3.90. The molecule has 0 unspecified atom stereocenters. The Kier molecular flexibility index (Phi) is 8.24. The number of carbonyl (C=O) groups excluding carboxylic acids is 1. The van der Waals surface area contributed by atoms with Gasteiger partial charge in [0, 0.05) is 18.2 Å². The summed E-state index contributed by atoms with van der Waals surface area (Å²) in [6.07, 6.45) is 8.27. The first-order valence-corrected chi connectivity index (χ1v) is 11.0. The summed E-state index contributed by atoms with van der Waals surface area (Å²) in [5.41, 5.74) is 2.53. The molecule has 1 aliphatic rings. The van der Waals surface area contributed by atoms with Crippen molar-refractivity contribution < 1.29 is 23.4 Å². The fourth-order valence-electron chi connectivity index (χ4n) is 3.55. The van der Waals surface area contributed by atoms with Crippen LogP contribution >= 0.6 is 0 Å². The molecule has 1 aliphatic heterocycles. The Morgan fingerprint density at radius 1 is 1.16 bits per heavy atom. The molecule has 0 fully saturated rings. The average molecular weight is 443 g/mol. The van der Waals surface area contributed by atoms with E-state index in [1.54, 1.807) is 26.8 Å². The Labute approximate surface area is 191 Å². The standard InChI is InChI=1S/C27H35FO4/c1-9-30-25(29)15-18(3)11-12-23(28)19(4)21-16-20-13-14-26(5,6)32-24(20)17-22(21)27(7,8)31-10-2/h11-17H,9-10H2,1-8H3. The molecule has 0 amide bonds. The lowest BCUT2D eigenvalue weighted by molar-refractivity contribution is -0.137. The molecule has 0 bridgehead atoms. The predicted molar refractivity (Wildman–Crippen MR) is 128 cm³/mol. The van der Waals surface area contributed by atoms with E-state index in [4.69, 9.17) is 14.2 Å². The minimum absolute atomic E-state index is 0.297. The number of halogens is 1. The maximum absolute atomic E-state index is 15.2. The van der Waals surface area contributed by atoms with Crippen LogP contribution in [0.1, 0.15) is 72.1 Å². The summed E-state index contributed by atoms with van der Waals surface area (Å²) in [5, 5.41) is 0. The van der Waals surface area contributed by atoms with Crippen LogP contribution in [0.2, 0.25) is 0 Å². The van der Waals surface area contributed by atoms with Crippen LogP contribution in [0.15, 0.2) is 47.8 Å². The van der Waals surface area contributed by atoms with Crippen LogP contribution in [-0.2, 0) is 19.9 Å². The average Bonchev–Trinajstić information content (AvgIpc) is 2.70. The molecule has 0 saturated carbocycles. The van der Waals surface area contributed by atoms with Gasteiger partial charge in [-0.3, -0.25) is 0 Å². The van der Waals surface area contributed by atoms with Crippen LogP contribution < -0.4 is 4.74 Å². The Morgan fingerprint density at radius 2 is 1.84 bits per heavy atom. The van der Waals surface area contributed by atoms with E-state index in [1.807, 2.05) is 58.9 Å². The number of allylic oxidation sites excluding steroid dienone is 5. The molecular formula is C27H35FO4. The number of rotatable bonds is 8. The second-order valence-corrected chi connectivity index (χ2v) is 8.86. The van der Waals surface area contributed by atoms with Crippen LogP contribution in [0, 0.1) is 0 Å². The van der Waals surface area contributed by atoms with E-state index in [0.717, 1.165) is 22.4 Å². The first-order chi connectivity index (χ1) is 14.9. The smallest absolute Gasteiger partial charge is 0.330 e. The van der Waals surface area contributed by atoms with E-state index in [1.165, 1.54) is 12.2 Å². The van der Waals surface area contributed by atoms with Gasteiger partial charge in [0.2, 0.25) is 0 Å². The number of hydrogen-bond donors (Lipinski definition) is 0. The van der Waals surface area contributed by atoms with Crippen molar-refractivity contribution in [3.05, 3.63) is 64.5 Å². The molecule has 174 valence electrons. The van der Waals surface area contributed by atoms with E-state index >= 15 is 4.39 Å². The van der Waals surface area contributed by atoms with Gasteiger partial charge in [0.1, 0.15) is 17.2 Å². The van der Waals surface area contributed by atoms with Gasteiger partial charge in [-0.2, -0.15) is 0 Å². The van der Waals surface area contributed by atoms with Crippen LogP contribution in [-0.4, -0.2) is 24.8 Å². The number of carbonyl (C=O) groups is 1. The third-order valence-corrected chi connectivity index (χ3v) is 5.23. The lowest BCUT2D eigenvalue weighted by Crippen LogP contribution is -2.29. The quantitative estimate of drug-likeness (QED) is 0.249. The summed E-state index contributed by atoms with van der Waals surface area (Å²) in [6.45, 7) is 15.9. The number of ether oxygens (including phenoxy) is 3. The largest absolute Gasteiger partial charge is 0.483 e. The first kappa shape index (κ1) is 25.6. The van der Waals surface area contributed by atoms with E-state index in [2.05, 4.69) is 0 Å². The van der Waals surface area contributed by atoms with Gasteiger partial charge < -0.3 is 14.2 Å². The maximum atomic E-state index is 15.2. The van der Waals surface area contributed by atoms with Gasteiger partial charge in [0.15, 0.2) is 0 Å². The number of fused-ring (bicyclic) bond motifs is 1. The molecule has 1 heterocycles. The van der Waals surface area contributed by atoms with Crippen molar-refractivity contribution in [2.75, 3.05) is 13.2 Å². The van der Waals surface area contributed by atoms with Crippen molar-refractivity contribution in [2.45, 2.75) is 66.6 Å². The molecule has 1 aromatic rings. The molecule has 0 aliphatic carbocycles. The van der Waals surface area contributed by atoms with Crippen LogP contribution in [0.3, 0.4) is 0 Å². The highest BCUT2D eigenvalue weighted by molar-refractivity contribution is 5.83. The van der Waals surface area contributed by atoms with Crippen molar-refractivity contribution in [1.29, 1.82) is 0 Å². The number of hydrogen-bond acceptors (Lipinski definition) is 4. The third-order valence-electron chi connectivity index (χ3n) is 5.23. The first-order valence-electron chi connectivity index (χ1n) is 11.0. The molecular weight excluding hydrogens is 407 g/mol. The van der Waals surface area contributed by atoms with Crippen LogP contribution in [0.4, 0.5) is 4.39 Å². The summed E-state index contributed by atoms with van der Waals surface area (Å²) >= 11 is 0. The number of benzene rings is 1. The normalized spacial score (nSPS) is 16.5. The highest BCUT2D eigenvalue weighted by Crippen LogP contribution is 2.41. The molecule has 0 N–H and O–H groups in total. The van der Waals surface area contributed by atoms with Gasteiger partial charge >= 0.3 is 5.97 Å². The van der Waals surface area contributed by atoms with E-state index in [9.17, 15) is 4.79 Å². The zero-order chi connectivity index (χ0) is 24.1. The summed E-state index contributed by atoms with van der Waals surface area (Å²) in [5.74, 6) is -0.0851. The van der Waals surface area contributed by atoms with E-state index < -0.39 is 23.0 Å². The van der Waals surface area contributed by atoms with Crippen molar-refractivity contribution in [2.24, 2.45) is 0 Å². The topological polar surface area (TPSA) is 44.8 Å². The molecule has 0 atom stereocenters. The number of esters is 1. The molecule has 4 nitrogen and oxygen atoms in total. The van der Waals surface area contributed by atoms with Crippen molar-refractivity contribution >= 4 is 17.6 Å². The fourth-order valence-corrected chi connectivity index (χ4v) is 3.55. The fraction of sp³-hybridized carbons (Fsp3) is 0.444. The second kappa shape index (κ2) is 10.3. The van der Waals surface area contributed by atoms with Gasteiger partial charge in [-0.1, -0.05) is 12.2 Å². The van der Waals surface area contributed by atoms with Gasteiger partial charge in [0.25, 0.3) is 0 Å². The summed E-state index contributed by atoms with van der Waals surface area (Å²) in [7, 11) is 0. The van der Waals surface area contributed by atoms with Crippen molar-refractivity contribution in [3.63, 3.8) is 0 Å². The second-order valence-electron chi connectivity index (χ2n) is 8.86. The van der Waals surface area contributed by atoms with Gasteiger partial charge in [-0.15, -0.1) is 0 Å². The SMILES string of the molecule is CCOC(=O)C=C(C)C=CC(F)=C(C)c1cc2c(cc1C(C)(C)OCC)OC(C)(C)C=C2. The summed E-state index contributed by atoms with van der Waals surface area (Å²) in [4.78, 5) is 11.6. The molecule has 0 spiro atoms.